The second-order valence-corrected chi connectivity index (χ2v) is 14.9. The van der Waals surface area contributed by atoms with Gasteiger partial charge in [-0.2, -0.15) is 0 Å². The van der Waals surface area contributed by atoms with E-state index in [0.717, 1.165) is 29.6 Å². The van der Waals surface area contributed by atoms with E-state index in [2.05, 4.69) is 61.5 Å². The Morgan fingerprint density at radius 2 is 1.50 bits per heavy atom. The van der Waals surface area contributed by atoms with E-state index in [4.69, 9.17) is 4.74 Å². The summed E-state index contributed by atoms with van der Waals surface area (Å²) in [5.41, 5.74) is 4.05. The summed E-state index contributed by atoms with van der Waals surface area (Å²) in [6.07, 6.45) is 15.8. The molecule has 0 amide bonds. The summed E-state index contributed by atoms with van der Waals surface area (Å²) in [7, 11) is 1.94. The van der Waals surface area contributed by atoms with Crippen LogP contribution in [0.2, 0.25) is 0 Å². The molecule has 0 bridgehead atoms. The third-order valence-electron chi connectivity index (χ3n) is 13.5. The number of fused-ring (bicyclic) bond motifs is 7. The molecule has 0 unspecified atom stereocenters. The van der Waals surface area contributed by atoms with Crippen LogP contribution in [0.3, 0.4) is 0 Å². The van der Waals surface area contributed by atoms with E-state index in [9.17, 15) is 0 Å². The van der Waals surface area contributed by atoms with E-state index in [0.29, 0.717) is 27.8 Å². The van der Waals surface area contributed by atoms with Crippen molar-refractivity contribution in [2.75, 3.05) is 7.11 Å². The lowest BCUT2D eigenvalue weighted by atomic mass is 9.35. The predicted octanol–water partition coefficient (Wildman–Crippen LogP) is 8.68. The van der Waals surface area contributed by atoms with Gasteiger partial charge in [-0.25, -0.2) is 0 Å². The average Bonchev–Trinajstić information content (AvgIpc) is 3.08. The Kier molecular flexibility index (Phi) is 5.21. The van der Waals surface area contributed by atoms with Gasteiger partial charge in [0.25, 0.3) is 0 Å². The summed E-state index contributed by atoms with van der Waals surface area (Å²) < 4.78 is 6.03. The third kappa shape index (κ3) is 2.67. The monoisotopic (exact) mass is 440 g/mol. The van der Waals surface area contributed by atoms with Gasteiger partial charge in [0.2, 0.25) is 0 Å². The Bertz CT molecular complexity index is 792. The smallest absolute Gasteiger partial charge is 0.0625 e. The fourth-order valence-corrected chi connectivity index (χ4v) is 11.7. The van der Waals surface area contributed by atoms with Crippen LogP contribution < -0.4 is 0 Å². The van der Waals surface area contributed by atoms with Gasteiger partial charge in [-0.15, -0.1) is 0 Å². The van der Waals surface area contributed by atoms with E-state index in [1.165, 1.54) is 57.8 Å². The fraction of sp³-hybridized carbons (Fsp3) is 0.935. The van der Waals surface area contributed by atoms with Crippen molar-refractivity contribution in [1.82, 2.24) is 0 Å². The SMILES string of the molecule is CO[C@H]1CC[C@]2(C)C3=CC[C@]4(C)[C@@H]5CC[C@@H](C(C)C)[C@]5(C)CC[C@@]4(C)[C@H]3CC[C@@H]2C1(C)C. The van der Waals surface area contributed by atoms with Crippen molar-refractivity contribution in [3.8, 4) is 0 Å². The second-order valence-electron chi connectivity index (χ2n) is 14.9. The largest absolute Gasteiger partial charge is 0.381 e. The molecule has 0 radical (unpaired) electrons. The van der Waals surface area contributed by atoms with E-state index < -0.39 is 0 Å². The Hall–Kier alpha value is -0.300. The molecule has 182 valence electrons. The van der Waals surface area contributed by atoms with Gasteiger partial charge in [0.15, 0.2) is 0 Å². The molecule has 0 N–H and O–H groups in total. The van der Waals surface area contributed by atoms with Crippen LogP contribution >= 0.6 is 0 Å². The molecule has 5 rings (SSSR count). The summed E-state index contributed by atoms with van der Waals surface area (Å²) in [5.74, 6) is 4.23. The van der Waals surface area contributed by atoms with Crippen LogP contribution in [0.5, 0.6) is 0 Å². The van der Waals surface area contributed by atoms with Crippen molar-refractivity contribution in [2.24, 2.45) is 56.7 Å². The highest BCUT2D eigenvalue weighted by Crippen LogP contribution is 2.76. The standard InChI is InChI=1S/C31H52O/c1-20(2)21-10-13-25-29(21,6)18-19-30(7)23-11-12-24-27(3,4)26(32-9)15-16-28(24,5)22(23)14-17-31(25,30)8/h14,20-21,23-26H,10-13,15-19H2,1-9H3/t21-,23-,24+,25+,26-,28+,29-,30-,31+/m0/s1. The van der Waals surface area contributed by atoms with Crippen LogP contribution in [-0.4, -0.2) is 13.2 Å². The lowest BCUT2D eigenvalue weighted by Crippen LogP contribution is -2.62. The van der Waals surface area contributed by atoms with E-state index in [1.54, 1.807) is 0 Å². The quantitative estimate of drug-likeness (QED) is 0.390. The lowest BCUT2D eigenvalue weighted by Gasteiger charge is -2.69. The first-order chi connectivity index (χ1) is 14.9. The van der Waals surface area contributed by atoms with E-state index >= 15 is 0 Å². The van der Waals surface area contributed by atoms with Gasteiger partial charge in [0.05, 0.1) is 6.10 Å². The molecule has 1 heteroatoms. The third-order valence-corrected chi connectivity index (χ3v) is 13.5. The summed E-state index contributed by atoms with van der Waals surface area (Å²) in [5, 5.41) is 0. The minimum Gasteiger partial charge on any atom is -0.381 e. The van der Waals surface area contributed by atoms with Crippen molar-refractivity contribution >= 4 is 0 Å². The first-order valence-corrected chi connectivity index (χ1v) is 14.1. The van der Waals surface area contributed by atoms with Gasteiger partial charge in [0.1, 0.15) is 0 Å². The number of allylic oxidation sites excluding steroid dienone is 2. The minimum atomic E-state index is 0.274. The summed E-state index contributed by atoms with van der Waals surface area (Å²) in [6.45, 7) is 20.9. The summed E-state index contributed by atoms with van der Waals surface area (Å²) in [6, 6.07) is 0. The second kappa shape index (κ2) is 7.11. The van der Waals surface area contributed by atoms with Crippen LogP contribution in [0.15, 0.2) is 11.6 Å². The fourth-order valence-electron chi connectivity index (χ4n) is 11.7. The molecule has 4 saturated carbocycles. The molecule has 0 heterocycles. The molecule has 0 aromatic rings. The number of hydrogen-bond donors (Lipinski definition) is 0. The number of methoxy groups -OCH3 is 1. The van der Waals surface area contributed by atoms with Gasteiger partial charge in [-0.3, -0.25) is 0 Å². The number of hydrogen-bond acceptors (Lipinski definition) is 1. The number of ether oxygens (including phenoxy) is 1. The molecule has 0 spiro atoms. The molecule has 1 nitrogen and oxygen atoms in total. The highest BCUT2D eigenvalue weighted by atomic mass is 16.5. The zero-order chi connectivity index (χ0) is 23.3. The summed E-state index contributed by atoms with van der Waals surface area (Å²) in [4.78, 5) is 0. The highest BCUT2D eigenvalue weighted by Gasteiger charge is 2.68. The summed E-state index contributed by atoms with van der Waals surface area (Å²) >= 11 is 0. The van der Waals surface area contributed by atoms with Crippen molar-refractivity contribution in [1.29, 1.82) is 0 Å². The molecule has 0 aromatic carbocycles. The minimum absolute atomic E-state index is 0.274. The molecule has 0 saturated heterocycles. The highest BCUT2D eigenvalue weighted by molar-refractivity contribution is 5.33. The number of rotatable bonds is 2. The molecule has 5 aliphatic rings. The first kappa shape index (κ1) is 23.4. The maximum atomic E-state index is 6.03. The van der Waals surface area contributed by atoms with Crippen LogP contribution in [0.1, 0.15) is 113 Å². The zero-order valence-corrected chi connectivity index (χ0v) is 22.8. The van der Waals surface area contributed by atoms with Crippen LogP contribution in [0.4, 0.5) is 0 Å². The van der Waals surface area contributed by atoms with Gasteiger partial charge in [-0.1, -0.05) is 67.0 Å². The van der Waals surface area contributed by atoms with E-state index in [1.807, 2.05) is 12.7 Å². The Balaban J connectivity index is 1.54. The molecule has 0 aliphatic heterocycles. The van der Waals surface area contributed by atoms with Gasteiger partial charge in [0, 0.05) is 7.11 Å². The van der Waals surface area contributed by atoms with Crippen molar-refractivity contribution < 1.29 is 4.74 Å². The van der Waals surface area contributed by atoms with Crippen LogP contribution in [0.25, 0.3) is 0 Å². The van der Waals surface area contributed by atoms with Gasteiger partial charge < -0.3 is 4.74 Å². The Morgan fingerprint density at radius 3 is 2.16 bits per heavy atom. The Labute approximate surface area is 199 Å². The van der Waals surface area contributed by atoms with Crippen molar-refractivity contribution in [3.05, 3.63) is 11.6 Å². The first-order valence-electron chi connectivity index (χ1n) is 14.1. The molecule has 4 fully saturated rings. The average molecular weight is 441 g/mol. The predicted molar refractivity (Wildman–Crippen MR) is 135 cm³/mol. The topological polar surface area (TPSA) is 9.23 Å². The Morgan fingerprint density at radius 1 is 0.812 bits per heavy atom. The molecule has 9 atom stereocenters. The van der Waals surface area contributed by atoms with Gasteiger partial charge in [-0.05, 0) is 114 Å². The van der Waals surface area contributed by atoms with Crippen molar-refractivity contribution in [2.45, 2.75) is 119 Å². The zero-order valence-electron chi connectivity index (χ0n) is 22.8. The van der Waals surface area contributed by atoms with Crippen LogP contribution in [-0.2, 0) is 4.74 Å². The molecule has 0 aromatic heterocycles. The molecular formula is C31H52O. The molecule has 5 aliphatic carbocycles. The van der Waals surface area contributed by atoms with Gasteiger partial charge >= 0.3 is 0 Å². The van der Waals surface area contributed by atoms with E-state index in [-0.39, 0.29) is 5.41 Å². The maximum Gasteiger partial charge on any atom is 0.0625 e. The van der Waals surface area contributed by atoms with Crippen molar-refractivity contribution in [3.63, 3.8) is 0 Å². The lowest BCUT2D eigenvalue weighted by molar-refractivity contribution is -0.168. The maximum absolute atomic E-state index is 6.03. The van der Waals surface area contributed by atoms with Crippen LogP contribution in [0, 0.1) is 56.7 Å². The normalized spacial score (nSPS) is 54.3. The molecule has 32 heavy (non-hydrogen) atoms. The molecular weight excluding hydrogens is 388 g/mol.